The van der Waals surface area contributed by atoms with E-state index in [-0.39, 0.29) is 11.9 Å². The Balaban J connectivity index is 2.15. The first-order chi connectivity index (χ1) is 11.2. The fraction of sp³-hybridized carbons (Fsp3) is 0.556. The molecule has 1 aromatic carbocycles. The van der Waals surface area contributed by atoms with Crippen LogP contribution in [-0.4, -0.2) is 46.1 Å². The van der Waals surface area contributed by atoms with Crippen LogP contribution in [0.2, 0.25) is 0 Å². The van der Waals surface area contributed by atoms with Crippen LogP contribution >= 0.6 is 15.9 Å². The summed E-state index contributed by atoms with van der Waals surface area (Å²) in [4.78, 5) is 24.8. The van der Waals surface area contributed by atoms with Crippen LogP contribution in [0.3, 0.4) is 0 Å². The first kappa shape index (κ1) is 18.8. The van der Waals surface area contributed by atoms with Gasteiger partial charge in [-0.3, -0.25) is 0 Å². The Bertz CT molecular complexity index is 594. The normalized spacial score (nSPS) is 21.4. The van der Waals surface area contributed by atoms with Crippen LogP contribution in [0.1, 0.15) is 49.0 Å². The average molecular weight is 398 g/mol. The second-order valence-corrected chi connectivity index (χ2v) is 7.81. The number of benzene rings is 1. The Morgan fingerprint density at radius 3 is 2.42 bits per heavy atom. The van der Waals surface area contributed by atoms with Gasteiger partial charge in [0.05, 0.1) is 5.56 Å². The lowest BCUT2D eigenvalue weighted by Gasteiger charge is -2.36. The highest BCUT2D eigenvalue weighted by molar-refractivity contribution is 9.09. The minimum Gasteiger partial charge on any atom is -0.465 e. The van der Waals surface area contributed by atoms with Gasteiger partial charge in [-0.1, -0.05) is 28.1 Å². The Morgan fingerprint density at radius 1 is 1.29 bits per heavy atom. The van der Waals surface area contributed by atoms with Gasteiger partial charge in [0.15, 0.2) is 0 Å². The number of esters is 1. The standard InChI is InChI=1S/C18H24BrNO4/c1-18(2,3)24-16(21)13-6-4-12(5-7-13)15-11-20(17(22)23)9-8-14(15)10-19/h4-7,14-15H,8-11H2,1-3H3,(H,22,23). The molecule has 1 saturated heterocycles. The van der Waals surface area contributed by atoms with Gasteiger partial charge < -0.3 is 14.7 Å². The lowest BCUT2D eigenvalue weighted by molar-refractivity contribution is 0.00694. The van der Waals surface area contributed by atoms with E-state index in [1.165, 1.54) is 4.90 Å². The van der Waals surface area contributed by atoms with Crippen molar-refractivity contribution in [2.75, 3.05) is 18.4 Å². The third kappa shape index (κ3) is 4.72. The molecule has 1 amide bonds. The Kier molecular flexibility index (Phi) is 5.91. The lowest BCUT2D eigenvalue weighted by Crippen LogP contribution is -2.42. The number of hydrogen-bond donors (Lipinski definition) is 1. The van der Waals surface area contributed by atoms with Crippen LogP contribution in [0, 0.1) is 5.92 Å². The summed E-state index contributed by atoms with van der Waals surface area (Å²) < 4.78 is 5.37. The number of piperidine rings is 1. The molecule has 1 N–H and O–H groups in total. The molecule has 1 fully saturated rings. The molecule has 2 unspecified atom stereocenters. The van der Waals surface area contributed by atoms with E-state index < -0.39 is 11.7 Å². The number of carbonyl (C=O) groups excluding carboxylic acids is 1. The smallest absolute Gasteiger partial charge is 0.407 e. The van der Waals surface area contributed by atoms with E-state index in [1.807, 2.05) is 32.9 Å². The largest absolute Gasteiger partial charge is 0.465 e. The number of carbonyl (C=O) groups is 2. The first-order valence-corrected chi connectivity index (χ1v) is 9.20. The van der Waals surface area contributed by atoms with E-state index >= 15 is 0 Å². The molecule has 1 aliphatic rings. The van der Waals surface area contributed by atoms with Crippen molar-refractivity contribution in [1.29, 1.82) is 0 Å². The van der Waals surface area contributed by atoms with Crippen LogP contribution < -0.4 is 0 Å². The van der Waals surface area contributed by atoms with Gasteiger partial charge in [-0.2, -0.15) is 0 Å². The molecular weight excluding hydrogens is 374 g/mol. The van der Waals surface area contributed by atoms with Gasteiger partial charge in [-0.25, -0.2) is 9.59 Å². The van der Waals surface area contributed by atoms with Crippen molar-refractivity contribution in [2.45, 2.75) is 38.7 Å². The zero-order chi connectivity index (χ0) is 17.9. The van der Waals surface area contributed by atoms with Crippen molar-refractivity contribution >= 4 is 28.0 Å². The first-order valence-electron chi connectivity index (χ1n) is 8.08. The summed E-state index contributed by atoms with van der Waals surface area (Å²) in [6.07, 6.45) is -0.0471. The number of likely N-dealkylation sites (tertiary alicyclic amines) is 1. The zero-order valence-electron chi connectivity index (χ0n) is 14.3. The van der Waals surface area contributed by atoms with E-state index in [0.29, 0.717) is 24.6 Å². The minimum atomic E-state index is -0.876. The molecule has 0 aliphatic carbocycles. The third-order valence-electron chi connectivity index (χ3n) is 4.20. The Labute approximate surface area is 151 Å². The van der Waals surface area contributed by atoms with Crippen molar-refractivity contribution in [2.24, 2.45) is 5.92 Å². The number of nitrogens with zero attached hydrogens (tertiary/aromatic N) is 1. The van der Waals surface area contributed by atoms with Gasteiger partial charge in [-0.05, 0) is 50.8 Å². The fourth-order valence-corrected chi connectivity index (χ4v) is 3.72. The van der Waals surface area contributed by atoms with Crippen molar-refractivity contribution in [3.8, 4) is 0 Å². The molecular formula is C18H24BrNO4. The summed E-state index contributed by atoms with van der Waals surface area (Å²) in [5.74, 6) is 0.164. The van der Waals surface area contributed by atoms with E-state index in [4.69, 9.17) is 4.74 Å². The quantitative estimate of drug-likeness (QED) is 0.615. The topological polar surface area (TPSA) is 66.8 Å². The van der Waals surface area contributed by atoms with E-state index in [2.05, 4.69) is 15.9 Å². The second kappa shape index (κ2) is 7.55. The molecule has 2 atom stereocenters. The molecule has 1 aromatic rings. The highest BCUT2D eigenvalue weighted by Gasteiger charge is 2.32. The maximum absolute atomic E-state index is 12.1. The summed E-state index contributed by atoms with van der Waals surface area (Å²) in [5, 5.41) is 10.1. The lowest BCUT2D eigenvalue weighted by atomic mass is 9.82. The number of alkyl halides is 1. The highest BCUT2D eigenvalue weighted by Crippen LogP contribution is 2.34. The SMILES string of the molecule is CC(C)(C)OC(=O)c1ccc(C2CN(C(=O)O)CCC2CBr)cc1. The monoisotopic (exact) mass is 397 g/mol. The minimum absolute atomic E-state index is 0.127. The van der Waals surface area contributed by atoms with Crippen molar-refractivity contribution in [3.63, 3.8) is 0 Å². The maximum Gasteiger partial charge on any atom is 0.407 e. The summed E-state index contributed by atoms with van der Waals surface area (Å²) in [6.45, 7) is 6.56. The molecule has 0 aromatic heterocycles. The fourth-order valence-electron chi connectivity index (χ4n) is 2.94. The molecule has 0 bridgehead atoms. The summed E-state index contributed by atoms with van der Waals surface area (Å²) in [6, 6.07) is 7.33. The van der Waals surface area contributed by atoms with E-state index in [0.717, 1.165) is 17.3 Å². The second-order valence-electron chi connectivity index (χ2n) is 7.16. The van der Waals surface area contributed by atoms with Crippen LogP contribution in [0.5, 0.6) is 0 Å². The Morgan fingerprint density at radius 2 is 1.92 bits per heavy atom. The van der Waals surface area contributed by atoms with Gasteiger partial charge in [0, 0.05) is 24.3 Å². The molecule has 0 spiro atoms. The van der Waals surface area contributed by atoms with E-state index in [1.54, 1.807) is 12.1 Å². The van der Waals surface area contributed by atoms with E-state index in [9.17, 15) is 14.7 Å². The molecule has 24 heavy (non-hydrogen) atoms. The summed E-state index contributed by atoms with van der Waals surface area (Å²) >= 11 is 3.54. The van der Waals surface area contributed by atoms with Crippen molar-refractivity contribution in [1.82, 2.24) is 4.90 Å². The predicted molar refractivity (Wildman–Crippen MR) is 95.9 cm³/mol. The number of carboxylic acid groups (broad SMARTS) is 1. The highest BCUT2D eigenvalue weighted by atomic mass is 79.9. The van der Waals surface area contributed by atoms with Crippen LogP contribution in [-0.2, 0) is 4.74 Å². The molecule has 6 heteroatoms. The molecule has 0 radical (unpaired) electrons. The van der Waals surface area contributed by atoms with Crippen LogP contribution in [0.4, 0.5) is 4.79 Å². The zero-order valence-corrected chi connectivity index (χ0v) is 15.9. The number of ether oxygens (including phenoxy) is 1. The summed E-state index contributed by atoms with van der Waals surface area (Å²) in [7, 11) is 0. The maximum atomic E-state index is 12.1. The molecule has 132 valence electrons. The number of hydrogen-bond acceptors (Lipinski definition) is 3. The molecule has 2 rings (SSSR count). The summed E-state index contributed by atoms with van der Waals surface area (Å²) in [5.41, 5.74) is 1.04. The average Bonchev–Trinajstić information content (AvgIpc) is 2.52. The van der Waals surface area contributed by atoms with Gasteiger partial charge in [0.25, 0.3) is 0 Å². The molecule has 5 nitrogen and oxygen atoms in total. The molecule has 1 heterocycles. The van der Waals surface area contributed by atoms with Crippen molar-refractivity contribution in [3.05, 3.63) is 35.4 Å². The Hall–Kier alpha value is -1.56. The number of halogens is 1. The molecule has 0 saturated carbocycles. The van der Waals surface area contributed by atoms with Crippen LogP contribution in [0.15, 0.2) is 24.3 Å². The molecule has 1 aliphatic heterocycles. The van der Waals surface area contributed by atoms with Gasteiger partial charge in [0.1, 0.15) is 5.60 Å². The van der Waals surface area contributed by atoms with Gasteiger partial charge in [-0.15, -0.1) is 0 Å². The van der Waals surface area contributed by atoms with Crippen LogP contribution in [0.25, 0.3) is 0 Å². The number of rotatable bonds is 3. The van der Waals surface area contributed by atoms with Gasteiger partial charge in [0.2, 0.25) is 0 Å². The van der Waals surface area contributed by atoms with Crippen molar-refractivity contribution < 1.29 is 19.4 Å². The van der Waals surface area contributed by atoms with Gasteiger partial charge >= 0.3 is 12.1 Å². The predicted octanol–water partition coefficient (Wildman–Crippen LogP) is 4.12. The number of amides is 1. The third-order valence-corrected chi connectivity index (χ3v) is 5.03.